The fourth-order valence-electron chi connectivity index (χ4n) is 1.36. The Morgan fingerprint density at radius 3 is 2.93 bits per heavy atom. The third-order valence-electron chi connectivity index (χ3n) is 2.07. The van der Waals surface area contributed by atoms with Gasteiger partial charge in [0.25, 0.3) is 0 Å². The van der Waals surface area contributed by atoms with Crippen molar-refractivity contribution >= 4 is 23.2 Å². The first-order valence-electron chi connectivity index (χ1n) is 3.97. The van der Waals surface area contributed by atoms with Crippen molar-refractivity contribution < 1.29 is 9.90 Å². The molecule has 0 spiro atoms. The van der Waals surface area contributed by atoms with Crippen LogP contribution in [0.15, 0.2) is 18.3 Å². The molecule has 5 heteroatoms. The lowest BCUT2D eigenvalue weighted by Crippen LogP contribution is -2.04. The van der Waals surface area contributed by atoms with E-state index in [0.717, 1.165) is 0 Å². The smallest absolute Gasteiger partial charge is 0.354 e. The standard InChI is InChI=1S/C9H7ClN2O2/c1-5-6(10)2-3-8-11-4-7(9(13)14)12(5)8/h2-4H,1H3,(H,13,14). The minimum Gasteiger partial charge on any atom is -0.477 e. The molecule has 2 rings (SSSR count). The largest absolute Gasteiger partial charge is 0.477 e. The molecule has 1 N–H and O–H groups in total. The Kier molecular flexibility index (Phi) is 1.93. The Morgan fingerprint density at radius 2 is 2.29 bits per heavy atom. The maximum atomic E-state index is 10.8. The third-order valence-corrected chi connectivity index (χ3v) is 2.47. The lowest BCUT2D eigenvalue weighted by molar-refractivity contribution is 0.0689. The maximum absolute atomic E-state index is 10.8. The predicted molar refractivity (Wildman–Crippen MR) is 51.9 cm³/mol. The fraction of sp³-hybridized carbons (Fsp3) is 0.111. The fourth-order valence-corrected chi connectivity index (χ4v) is 1.51. The minimum absolute atomic E-state index is 0.125. The summed E-state index contributed by atoms with van der Waals surface area (Å²) in [7, 11) is 0. The van der Waals surface area contributed by atoms with Crippen LogP contribution >= 0.6 is 11.6 Å². The van der Waals surface area contributed by atoms with Crippen molar-refractivity contribution in [3.05, 3.63) is 34.7 Å². The Morgan fingerprint density at radius 1 is 1.57 bits per heavy atom. The van der Waals surface area contributed by atoms with Crippen molar-refractivity contribution in [1.29, 1.82) is 0 Å². The number of carboxylic acid groups (broad SMARTS) is 1. The van der Waals surface area contributed by atoms with E-state index >= 15 is 0 Å². The molecule has 0 amide bonds. The molecule has 0 fully saturated rings. The molecule has 0 unspecified atom stereocenters. The first-order valence-corrected chi connectivity index (χ1v) is 4.35. The van der Waals surface area contributed by atoms with Crippen molar-refractivity contribution in [1.82, 2.24) is 9.38 Å². The normalized spacial score (nSPS) is 10.7. The highest BCUT2D eigenvalue weighted by atomic mass is 35.5. The van der Waals surface area contributed by atoms with Crippen molar-refractivity contribution in [3.8, 4) is 0 Å². The van der Waals surface area contributed by atoms with Crippen LogP contribution in [-0.4, -0.2) is 20.5 Å². The number of rotatable bonds is 1. The first-order chi connectivity index (χ1) is 6.61. The van der Waals surface area contributed by atoms with E-state index in [2.05, 4.69) is 4.98 Å². The summed E-state index contributed by atoms with van der Waals surface area (Å²) < 4.78 is 1.52. The summed E-state index contributed by atoms with van der Waals surface area (Å²) in [6.45, 7) is 1.75. The van der Waals surface area contributed by atoms with Crippen LogP contribution in [0.1, 0.15) is 16.2 Å². The van der Waals surface area contributed by atoms with Crippen LogP contribution in [0.25, 0.3) is 5.65 Å². The molecule has 0 saturated carbocycles. The molecule has 4 nitrogen and oxygen atoms in total. The highest BCUT2D eigenvalue weighted by molar-refractivity contribution is 6.31. The monoisotopic (exact) mass is 210 g/mol. The van der Waals surface area contributed by atoms with Crippen LogP contribution < -0.4 is 0 Å². The summed E-state index contributed by atoms with van der Waals surface area (Å²) in [5, 5.41) is 9.41. The summed E-state index contributed by atoms with van der Waals surface area (Å²) in [6.07, 6.45) is 1.32. The number of aromatic nitrogens is 2. The second-order valence-electron chi connectivity index (χ2n) is 2.91. The van der Waals surface area contributed by atoms with E-state index < -0.39 is 5.97 Å². The van der Waals surface area contributed by atoms with Gasteiger partial charge in [-0.1, -0.05) is 11.6 Å². The van der Waals surface area contributed by atoms with Crippen molar-refractivity contribution in [2.45, 2.75) is 6.92 Å². The van der Waals surface area contributed by atoms with Gasteiger partial charge in [0.15, 0.2) is 5.69 Å². The highest BCUT2D eigenvalue weighted by Gasteiger charge is 2.12. The number of pyridine rings is 1. The van der Waals surface area contributed by atoms with Crippen LogP contribution in [0.2, 0.25) is 5.02 Å². The predicted octanol–water partition coefficient (Wildman–Crippen LogP) is 1.99. The number of halogens is 1. The lowest BCUT2D eigenvalue weighted by atomic mass is 10.3. The third kappa shape index (κ3) is 1.15. The number of hydrogen-bond donors (Lipinski definition) is 1. The Labute approximate surface area is 84.8 Å². The first kappa shape index (κ1) is 9.02. The quantitative estimate of drug-likeness (QED) is 0.783. The zero-order valence-electron chi connectivity index (χ0n) is 7.36. The van der Waals surface area contributed by atoms with Crippen LogP contribution in [0, 0.1) is 6.92 Å². The van der Waals surface area contributed by atoms with Gasteiger partial charge in [-0.25, -0.2) is 9.78 Å². The zero-order chi connectivity index (χ0) is 10.3. The highest BCUT2D eigenvalue weighted by Crippen LogP contribution is 2.18. The number of imidazole rings is 1. The number of hydrogen-bond acceptors (Lipinski definition) is 2. The number of aromatic carboxylic acids is 1. The molecule has 0 aromatic carbocycles. The van der Waals surface area contributed by atoms with E-state index in [4.69, 9.17) is 16.7 Å². The van der Waals surface area contributed by atoms with Gasteiger partial charge in [0.05, 0.1) is 11.2 Å². The average molecular weight is 211 g/mol. The number of aryl methyl sites for hydroxylation is 1. The van der Waals surface area contributed by atoms with Crippen molar-refractivity contribution in [3.63, 3.8) is 0 Å². The second-order valence-corrected chi connectivity index (χ2v) is 3.32. The molecule has 72 valence electrons. The van der Waals surface area contributed by atoms with Gasteiger partial charge >= 0.3 is 5.97 Å². The molecule has 2 aromatic rings. The maximum Gasteiger partial charge on any atom is 0.354 e. The number of carboxylic acids is 1. The summed E-state index contributed by atoms with van der Waals surface area (Å²) in [4.78, 5) is 14.8. The van der Waals surface area contributed by atoms with Gasteiger partial charge in [-0.3, -0.25) is 4.40 Å². The molecule has 0 radical (unpaired) electrons. The molecule has 0 aliphatic rings. The van der Waals surface area contributed by atoms with Gasteiger partial charge < -0.3 is 5.11 Å². The number of fused-ring (bicyclic) bond motifs is 1. The van der Waals surface area contributed by atoms with Gasteiger partial charge in [-0.2, -0.15) is 0 Å². The summed E-state index contributed by atoms with van der Waals surface area (Å²) in [5.41, 5.74) is 1.39. The molecule has 0 atom stereocenters. The van der Waals surface area contributed by atoms with Gasteiger partial charge in [0, 0.05) is 5.69 Å². The van der Waals surface area contributed by atoms with Crippen LogP contribution in [0.4, 0.5) is 0 Å². The van der Waals surface area contributed by atoms with Crippen LogP contribution in [0.3, 0.4) is 0 Å². The molecule has 0 saturated heterocycles. The van der Waals surface area contributed by atoms with E-state index in [1.807, 2.05) is 0 Å². The Balaban J connectivity index is 2.89. The average Bonchev–Trinajstić information content (AvgIpc) is 2.55. The molecular weight excluding hydrogens is 204 g/mol. The van der Waals surface area contributed by atoms with Crippen molar-refractivity contribution in [2.75, 3.05) is 0 Å². The molecule has 14 heavy (non-hydrogen) atoms. The van der Waals surface area contributed by atoms with Gasteiger partial charge in [-0.05, 0) is 19.1 Å². The topological polar surface area (TPSA) is 54.6 Å². The van der Waals surface area contributed by atoms with E-state index in [9.17, 15) is 4.79 Å². The number of nitrogens with zero attached hydrogens (tertiary/aromatic N) is 2. The lowest BCUT2D eigenvalue weighted by Gasteiger charge is -2.03. The van der Waals surface area contributed by atoms with E-state index in [1.54, 1.807) is 19.1 Å². The van der Waals surface area contributed by atoms with Gasteiger partial charge in [-0.15, -0.1) is 0 Å². The molecule has 2 heterocycles. The van der Waals surface area contributed by atoms with E-state index in [0.29, 0.717) is 16.4 Å². The summed E-state index contributed by atoms with van der Waals surface area (Å²) in [6, 6.07) is 3.38. The van der Waals surface area contributed by atoms with E-state index in [-0.39, 0.29) is 5.69 Å². The van der Waals surface area contributed by atoms with Crippen LogP contribution in [-0.2, 0) is 0 Å². The zero-order valence-corrected chi connectivity index (χ0v) is 8.12. The second kappa shape index (κ2) is 2.99. The van der Waals surface area contributed by atoms with Gasteiger partial charge in [0.2, 0.25) is 0 Å². The number of carbonyl (C=O) groups is 1. The SMILES string of the molecule is Cc1c(Cl)ccc2ncc(C(=O)O)n12. The Hall–Kier alpha value is -1.55. The van der Waals surface area contributed by atoms with Crippen molar-refractivity contribution in [2.24, 2.45) is 0 Å². The molecule has 0 bridgehead atoms. The molecular formula is C9H7ClN2O2. The molecule has 0 aliphatic carbocycles. The van der Waals surface area contributed by atoms with Crippen LogP contribution in [0.5, 0.6) is 0 Å². The molecule has 2 aromatic heterocycles. The molecule has 0 aliphatic heterocycles. The Bertz CT molecular complexity index is 519. The summed E-state index contributed by atoms with van der Waals surface area (Å²) in [5.74, 6) is -1.01. The summed E-state index contributed by atoms with van der Waals surface area (Å²) >= 11 is 5.88. The van der Waals surface area contributed by atoms with Gasteiger partial charge in [0.1, 0.15) is 5.65 Å². The minimum atomic E-state index is -1.01. The van der Waals surface area contributed by atoms with E-state index in [1.165, 1.54) is 10.6 Å².